The molecule has 1 aromatic rings. The van der Waals surface area contributed by atoms with Gasteiger partial charge < -0.3 is 10.5 Å². The Morgan fingerprint density at radius 3 is 2.62 bits per heavy atom. The first-order valence-corrected chi connectivity index (χ1v) is 9.27. The first-order chi connectivity index (χ1) is 9.93. The summed E-state index contributed by atoms with van der Waals surface area (Å²) in [5, 5.41) is 0.124. The zero-order chi connectivity index (χ0) is 15.7. The molecule has 1 aromatic carbocycles. The highest BCUT2D eigenvalue weighted by atomic mass is 35.5. The summed E-state index contributed by atoms with van der Waals surface area (Å²) in [5.74, 6) is -0.0273. The summed E-state index contributed by atoms with van der Waals surface area (Å²) in [6.07, 6.45) is 0. The second-order valence-corrected chi connectivity index (χ2v) is 8.33. The lowest BCUT2D eigenvalue weighted by molar-refractivity contribution is 0.101. The number of benzene rings is 1. The fraction of sp³-hybridized carbons (Fsp3) is 0.600. The van der Waals surface area contributed by atoms with Crippen molar-refractivity contribution in [1.82, 2.24) is 0 Å². The normalized spacial score (nSPS) is 28.6. The molecule has 21 heavy (non-hydrogen) atoms. The molecule has 0 spiro atoms. The highest BCUT2D eigenvalue weighted by Gasteiger charge is 2.69. The number of rotatable bonds is 7. The van der Waals surface area contributed by atoms with Crippen LogP contribution in [0.4, 0.5) is 0 Å². The average Bonchev–Trinajstić information content (AvgIpc) is 3.15. The maximum atomic E-state index is 12.4. The van der Waals surface area contributed by atoms with Gasteiger partial charge in [0.2, 0.25) is 0 Å². The van der Waals surface area contributed by atoms with E-state index in [0.29, 0.717) is 18.2 Å². The van der Waals surface area contributed by atoms with E-state index in [2.05, 4.69) is 0 Å². The lowest BCUT2D eigenvalue weighted by Gasteiger charge is -2.15. The number of hydrogen-bond donors (Lipinski definition) is 1. The van der Waals surface area contributed by atoms with E-state index in [1.807, 2.05) is 25.1 Å². The third-order valence-corrected chi connectivity index (χ3v) is 6.89. The van der Waals surface area contributed by atoms with Gasteiger partial charge in [-0.25, -0.2) is 8.42 Å². The first-order valence-electron chi connectivity index (χ1n) is 7.17. The van der Waals surface area contributed by atoms with Gasteiger partial charge in [-0.1, -0.05) is 30.7 Å². The van der Waals surface area contributed by atoms with E-state index in [9.17, 15) is 8.42 Å². The number of halogens is 1. The van der Waals surface area contributed by atoms with E-state index in [1.165, 1.54) is 0 Å². The number of sulfone groups is 1. The predicted octanol–water partition coefficient (Wildman–Crippen LogP) is 2.22. The minimum absolute atomic E-state index is 0.114. The quantitative estimate of drug-likeness (QED) is 0.831. The summed E-state index contributed by atoms with van der Waals surface area (Å²) >= 11 is 6.04. The van der Waals surface area contributed by atoms with Crippen LogP contribution in [0, 0.1) is 5.41 Å². The van der Waals surface area contributed by atoms with Crippen molar-refractivity contribution < 1.29 is 13.2 Å². The van der Waals surface area contributed by atoms with Gasteiger partial charge in [-0.3, -0.25) is 0 Å². The molecule has 2 N–H and O–H groups in total. The maximum Gasteiger partial charge on any atom is 0.154 e. The van der Waals surface area contributed by atoms with Gasteiger partial charge in [-0.05, 0) is 24.6 Å². The SMILES string of the molecule is CCOC[C@@]1(CN)[C@@H](c2cccc(Cl)c2)[C@@H]1S(=O)(=O)CC. The van der Waals surface area contributed by atoms with Crippen LogP contribution in [0.1, 0.15) is 25.3 Å². The van der Waals surface area contributed by atoms with Crippen LogP contribution in [0.5, 0.6) is 0 Å². The van der Waals surface area contributed by atoms with Gasteiger partial charge >= 0.3 is 0 Å². The van der Waals surface area contributed by atoms with Crippen LogP contribution >= 0.6 is 11.6 Å². The van der Waals surface area contributed by atoms with Crippen molar-refractivity contribution >= 4 is 21.4 Å². The Kier molecular flexibility index (Phi) is 4.98. The Balaban J connectivity index is 2.41. The molecule has 1 aliphatic rings. The van der Waals surface area contributed by atoms with Crippen LogP contribution in [0.3, 0.4) is 0 Å². The Bertz CT molecular complexity index is 605. The van der Waals surface area contributed by atoms with E-state index in [1.54, 1.807) is 13.0 Å². The predicted molar refractivity (Wildman–Crippen MR) is 85.4 cm³/mol. The fourth-order valence-electron chi connectivity index (χ4n) is 3.17. The maximum absolute atomic E-state index is 12.4. The van der Waals surface area contributed by atoms with E-state index in [0.717, 1.165) is 5.56 Å². The molecule has 1 fully saturated rings. The zero-order valence-electron chi connectivity index (χ0n) is 12.4. The molecule has 6 heteroatoms. The van der Waals surface area contributed by atoms with Gasteiger partial charge in [0.1, 0.15) is 0 Å². The zero-order valence-corrected chi connectivity index (χ0v) is 14.0. The van der Waals surface area contributed by atoms with E-state index in [4.69, 9.17) is 22.1 Å². The second kappa shape index (κ2) is 6.24. The Morgan fingerprint density at radius 2 is 2.10 bits per heavy atom. The van der Waals surface area contributed by atoms with Crippen molar-refractivity contribution in [3.63, 3.8) is 0 Å². The van der Waals surface area contributed by atoms with Crippen LogP contribution in [0.2, 0.25) is 5.02 Å². The minimum atomic E-state index is -3.19. The van der Waals surface area contributed by atoms with Crippen LogP contribution in [0.25, 0.3) is 0 Å². The van der Waals surface area contributed by atoms with Gasteiger partial charge in [0.05, 0.1) is 11.9 Å². The van der Waals surface area contributed by atoms with Crippen LogP contribution < -0.4 is 5.73 Å². The number of hydrogen-bond acceptors (Lipinski definition) is 4. The number of nitrogens with two attached hydrogens (primary N) is 1. The Morgan fingerprint density at radius 1 is 1.38 bits per heavy atom. The summed E-state index contributed by atoms with van der Waals surface area (Å²) in [6, 6.07) is 7.36. The Hall–Kier alpha value is -0.620. The molecule has 0 bridgehead atoms. The molecule has 0 amide bonds. The molecule has 0 saturated heterocycles. The minimum Gasteiger partial charge on any atom is -0.381 e. The third kappa shape index (κ3) is 2.97. The van der Waals surface area contributed by atoms with Gasteiger partial charge in [0, 0.05) is 35.3 Å². The van der Waals surface area contributed by atoms with Gasteiger partial charge in [0.15, 0.2) is 9.84 Å². The molecule has 0 aliphatic heterocycles. The van der Waals surface area contributed by atoms with Crippen molar-refractivity contribution in [1.29, 1.82) is 0 Å². The molecule has 0 heterocycles. The third-order valence-electron chi connectivity index (χ3n) is 4.33. The number of ether oxygens (including phenoxy) is 1. The lowest BCUT2D eigenvalue weighted by Crippen LogP contribution is -2.29. The van der Waals surface area contributed by atoms with Gasteiger partial charge in [-0.15, -0.1) is 0 Å². The van der Waals surface area contributed by atoms with E-state index >= 15 is 0 Å². The Labute approximate surface area is 131 Å². The molecule has 0 aromatic heterocycles. The highest BCUT2D eigenvalue weighted by molar-refractivity contribution is 7.92. The molecule has 2 rings (SSSR count). The molecule has 1 aliphatic carbocycles. The average molecular weight is 332 g/mol. The molecular weight excluding hydrogens is 310 g/mol. The van der Waals surface area contributed by atoms with Crippen LogP contribution in [0.15, 0.2) is 24.3 Å². The summed E-state index contributed by atoms with van der Waals surface area (Å²) in [4.78, 5) is 0. The van der Waals surface area contributed by atoms with Gasteiger partial charge in [-0.2, -0.15) is 0 Å². The van der Waals surface area contributed by atoms with E-state index in [-0.39, 0.29) is 18.2 Å². The standard InChI is InChI=1S/C15H22ClNO3S/c1-3-20-10-15(9-17)13(14(15)21(18,19)4-2)11-6-5-7-12(16)8-11/h5-8,13-14H,3-4,9-10,17H2,1-2H3/t13-,14-,15-/m0/s1. The van der Waals surface area contributed by atoms with Crippen LogP contribution in [-0.4, -0.2) is 39.2 Å². The topological polar surface area (TPSA) is 69.4 Å². The van der Waals surface area contributed by atoms with Crippen molar-refractivity contribution in [2.75, 3.05) is 25.5 Å². The smallest absolute Gasteiger partial charge is 0.154 e. The molecule has 3 atom stereocenters. The summed E-state index contributed by atoms with van der Waals surface area (Å²) < 4.78 is 30.4. The molecular formula is C15H22ClNO3S. The molecule has 0 unspecified atom stereocenters. The largest absolute Gasteiger partial charge is 0.381 e. The molecule has 1 saturated carbocycles. The summed E-state index contributed by atoms with van der Waals surface area (Å²) in [6.45, 7) is 4.76. The van der Waals surface area contributed by atoms with Crippen molar-refractivity contribution in [3.8, 4) is 0 Å². The van der Waals surface area contributed by atoms with Crippen LogP contribution in [-0.2, 0) is 14.6 Å². The highest BCUT2D eigenvalue weighted by Crippen LogP contribution is 2.62. The van der Waals surface area contributed by atoms with Crippen molar-refractivity contribution in [3.05, 3.63) is 34.9 Å². The van der Waals surface area contributed by atoms with Gasteiger partial charge in [0.25, 0.3) is 0 Å². The molecule has 4 nitrogen and oxygen atoms in total. The molecule has 118 valence electrons. The lowest BCUT2D eigenvalue weighted by atomic mass is 10.00. The van der Waals surface area contributed by atoms with Crippen molar-refractivity contribution in [2.45, 2.75) is 25.0 Å². The van der Waals surface area contributed by atoms with Crippen molar-refractivity contribution in [2.24, 2.45) is 11.1 Å². The fourth-order valence-corrected chi connectivity index (χ4v) is 5.52. The second-order valence-electron chi connectivity index (χ2n) is 5.48. The monoisotopic (exact) mass is 331 g/mol. The first kappa shape index (κ1) is 16.7. The summed E-state index contributed by atoms with van der Waals surface area (Å²) in [7, 11) is -3.19. The van der Waals surface area contributed by atoms with E-state index < -0.39 is 20.5 Å². The molecule has 0 radical (unpaired) electrons. The summed E-state index contributed by atoms with van der Waals surface area (Å²) in [5.41, 5.74) is 6.33.